The first kappa shape index (κ1) is 41.4. The zero-order valence-corrected chi connectivity index (χ0v) is 31.0. The highest BCUT2D eigenvalue weighted by molar-refractivity contribution is 6.00. The topological polar surface area (TPSA) is 128 Å². The zero-order chi connectivity index (χ0) is 37.7. The Bertz CT molecular complexity index is 1460. The monoisotopic (exact) mass is 714 g/mol. The van der Waals surface area contributed by atoms with Gasteiger partial charge in [0.05, 0.1) is 12.1 Å². The third-order valence-electron chi connectivity index (χ3n) is 8.83. The van der Waals surface area contributed by atoms with Gasteiger partial charge in [-0.2, -0.15) is 0 Å². The first-order chi connectivity index (χ1) is 24.1. The Balaban J connectivity index is 1.61. The van der Waals surface area contributed by atoms with Gasteiger partial charge in [-0.25, -0.2) is 13.6 Å². The summed E-state index contributed by atoms with van der Waals surface area (Å²) in [7, 11) is 0. The Morgan fingerprint density at radius 3 is 2.16 bits per heavy atom. The van der Waals surface area contributed by atoms with E-state index >= 15 is 0 Å². The lowest BCUT2D eigenvalue weighted by Crippen LogP contribution is -2.46. The number of carbonyl (C=O) groups is 4. The van der Waals surface area contributed by atoms with Crippen molar-refractivity contribution < 1.29 is 37.8 Å². The molecular formula is C39H56F2N4O6. The van der Waals surface area contributed by atoms with Gasteiger partial charge >= 0.3 is 6.09 Å². The molecule has 0 saturated carbocycles. The number of aliphatic hydroxyl groups excluding tert-OH is 1. The highest BCUT2D eigenvalue weighted by atomic mass is 19.1. The Kier molecular flexibility index (Phi) is 15.8. The minimum atomic E-state index is -1.17. The first-order valence-electron chi connectivity index (χ1n) is 18.2. The van der Waals surface area contributed by atoms with Gasteiger partial charge in [-0.15, -0.1) is 0 Å². The van der Waals surface area contributed by atoms with Gasteiger partial charge in [-0.3, -0.25) is 14.4 Å². The van der Waals surface area contributed by atoms with Crippen LogP contribution in [0.4, 0.5) is 13.6 Å². The van der Waals surface area contributed by atoms with E-state index in [0.29, 0.717) is 49.6 Å². The molecule has 3 rings (SSSR count). The minimum Gasteiger partial charge on any atom is -0.444 e. The van der Waals surface area contributed by atoms with Gasteiger partial charge in [0, 0.05) is 56.3 Å². The molecular weight excluding hydrogens is 658 g/mol. The van der Waals surface area contributed by atoms with Crippen molar-refractivity contribution in [2.45, 2.75) is 111 Å². The molecule has 1 fully saturated rings. The molecule has 1 heterocycles. The summed E-state index contributed by atoms with van der Waals surface area (Å²) in [5.74, 6) is -2.17. The molecule has 51 heavy (non-hydrogen) atoms. The molecule has 0 bridgehead atoms. The second kappa shape index (κ2) is 19.5. The maximum Gasteiger partial charge on any atom is 0.410 e. The van der Waals surface area contributed by atoms with E-state index in [1.165, 1.54) is 6.07 Å². The highest BCUT2D eigenvalue weighted by Crippen LogP contribution is 2.23. The van der Waals surface area contributed by atoms with Crippen molar-refractivity contribution in [2.24, 2.45) is 5.92 Å². The van der Waals surface area contributed by atoms with Crippen LogP contribution in [0, 0.1) is 24.5 Å². The quantitative estimate of drug-likeness (QED) is 0.191. The number of likely N-dealkylation sites (tertiary alicyclic amines) is 1. The molecule has 1 aliphatic heterocycles. The van der Waals surface area contributed by atoms with Gasteiger partial charge < -0.3 is 30.3 Å². The summed E-state index contributed by atoms with van der Waals surface area (Å²) in [4.78, 5) is 55.3. The molecule has 12 heteroatoms. The molecule has 0 spiro atoms. The van der Waals surface area contributed by atoms with E-state index in [0.717, 1.165) is 43.9 Å². The molecule has 1 saturated heterocycles. The molecule has 4 amide bonds. The number of aliphatic hydroxyl groups is 1. The van der Waals surface area contributed by atoms with Crippen LogP contribution in [0.1, 0.15) is 111 Å². The lowest BCUT2D eigenvalue weighted by molar-refractivity contribution is -0.121. The lowest BCUT2D eigenvalue weighted by atomic mass is 9.92. The molecule has 282 valence electrons. The van der Waals surface area contributed by atoms with Gasteiger partial charge in [-0.1, -0.05) is 13.8 Å². The summed E-state index contributed by atoms with van der Waals surface area (Å²) in [6, 6.07) is 6.98. The summed E-state index contributed by atoms with van der Waals surface area (Å²) < 4.78 is 33.6. The van der Waals surface area contributed by atoms with Crippen molar-refractivity contribution in [3.05, 3.63) is 70.3 Å². The van der Waals surface area contributed by atoms with Crippen LogP contribution in [-0.2, 0) is 16.0 Å². The van der Waals surface area contributed by atoms with Gasteiger partial charge in [0.1, 0.15) is 17.2 Å². The highest BCUT2D eigenvalue weighted by Gasteiger charge is 2.28. The smallest absolute Gasteiger partial charge is 0.410 e. The predicted octanol–water partition coefficient (Wildman–Crippen LogP) is 6.17. The lowest BCUT2D eigenvalue weighted by Gasteiger charge is -2.33. The van der Waals surface area contributed by atoms with Crippen molar-refractivity contribution in [3.8, 4) is 0 Å². The van der Waals surface area contributed by atoms with Crippen molar-refractivity contribution in [3.63, 3.8) is 0 Å². The van der Waals surface area contributed by atoms with Crippen molar-refractivity contribution in [1.82, 2.24) is 20.4 Å². The standard InChI is InChI=1S/C39H56F2N4O6/c1-7-15-44(16-8-2)37(49)30-20-26(3)19-29(24-30)36(48)43-33(23-28-21-31(40)25-32(41)22-28)34(46)11-14-42-35(47)10-9-27-12-17-45(18-13-27)38(50)51-39(4,5)6/h19-22,24-25,27,33-34,46H,7-18,23H2,1-6H3,(H,42,47)(H,43,48)/t33-,34+/m0/s1. The number of nitrogens with zero attached hydrogens (tertiary/aromatic N) is 2. The number of amides is 4. The maximum absolute atomic E-state index is 14.1. The van der Waals surface area contributed by atoms with Crippen molar-refractivity contribution in [2.75, 3.05) is 32.7 Å². The average Bonchev–Trinajstić information content (AvgIpc) is 3.05. The van der Waals surface area contributed by atoms with Crippen LogP contribution in [0.15, 0.2) is 36.4 Å². The fourth-order valence-electron chi connectivity index (χ4n) is 6.31. The SMILES string of the molecule is CCCN(CCC)C(=O)c1cc(C)cc(C(=O)N[C@@H](Cc2cc(F)cc(F)c2)[C@H](O)CCNC(=O)CCC2CCN(C(=O)OC(C)(C)C)CC2)c1. The summed E-state index contributed by atoms with van der Waals surface area (Å²) in [5, 5.41) is 16.9. The number of ether oxygens (including phenoxy) is 1. The number of aryl methyl sites for hydroxylation is 1. The second-order valence-corrected chi connectivity index (χ2v) is 14.6. The van der Waals surface area contributed by atoms with Crippen LogP contribution < -0.4 is 10.6 Å². The minimum absolute atomic E-state index is 0.0727. The van der Waals surface area contributed by atoms with Crippen LogP contribution in [0.2, 0.25) is 0 Å². The largest absolute Gasteiger partial charge is 0.444 e. The predicted molar refractivity (Wildman–Crippen MR) is 192 cm³/mol. The molecule has 0 aliphatic carbocycles. The molecule has 1 aliphatic rings. The van der Waals surface area contributed by atoms with E-state index in [1.54, 1.807) is 28.9 Å². The molecule has 2 atom stereocenters. The van der Waals surface area contributed by atoms with Gasteiger partial charge in [0.25, 0.3) is 11.8 Å². The van der Waals surface area contributed by atoms with Crippen LogP contribution in [0.25, 0.3) is 0 Å². The summed E-state index contributed by atoms with van der Waals surface area (Å²) in [6.07, 6.45) is 2.60. The fraction of sp³-hybridized carbons (Fsp3) is 0.590. The van der Waals surface area contributed by atoms with E-state index in [-0.39, 0.29) is 54.8 Å². The third kappa shape index (κ3) is 13.9. The molecule has 0 radical (unpaired) electrons. The van der Waals surface area contributed by atoms with E-state index in [2.05, 4.69) is 10.6 Å². The number of piperidine rings is 1. The Morgan fingerprint density at radius 2 is 1.57 bits per heavy atom. The number of halogens is 2. The maximum atomic E-state index is 14.1. The van der Waals surface area contributed by atoms with Crippen LogP contribution in [-0.4, -0.2) is 89.2 Å². The second-order valence-electron chi connectivity index (χ2n) is 14.6. The van der Waals surface area contributed by atoms with Crippen LogP contribution >= 0.6 is 0 Å². The average molecular weight is 715 g/mol. The van der Waals surface area contributed by atoms with Gasteiger partial charge in [0.2, 0.25) is 5.91 Å². The number of nitrogens with one attached hydrogen (secondary N) is 2. The Morgan fingerprint density at radius 1 is 0.961 bits per heavy atom. The molecule has 3 N–H and O–H groups in total. The van der Waals surface area contributed by atoms with E-state index < -0.39 is 35.3 Å². The summed E-state index contributed by atoms with van der Waals surface area (Å²) in [6.45, 7) is 13.7. The van der Waals surface area contributed by atoms with Crippen molar-refractivity contribution in [1.29, 1.82) is 0 Å². The van der Waals surface area contributed by atoms with E-state index in [1.807, 2.05) is 34.6 Å². The number of hydrogen-bond acceptors (Lipinski definition) is 6. The zero-order valence-electron chi connectivity index (χ0n) is 31.0. The summed E-state index contributed by atoms with van der Waals surface area (Å²) >= 11 is 0. The number of carbonyl (C=O) groups excluding carboxylic acids is 4. The summed E-state index contributed by atoms with van der Waals surface area (Å²) in [5.41, 5.74) is 0.995. The van der Waals surface area contributed by atoms with Crippen LogP contribution in [0.5, 0.6) is 0 Å². The fourth-order valence-corrected chi connectivity index (χ4v) is 6.31. The molecule has 2 aromatic carbocycles. The number of rotatable bonds is 16. The molecule has 2 aromatic rings. The van der Waals surface area contributed by atoms with Crippen molar-refractivity contribution >= 4 is 23.8 Å². The molecule has 0 aromatic heterocycles. The third-order valence-corrected chi connectivity index (χ3v) is 8.83. The van der Waals surface area contributed by atoms with Crippen LogP contribution in [0.3, 0.4) is 0 Å². The number of hydrogen-bond donors (Lipinski definition) is 3. The molecule has 10 nitrogen and oxygen atoms in total. The molecule has 0 unspecified atom stereocenters. The van der Waals surface area contributed by atoms with Gasteiger partial charge in [-0.05, 0) is 120 Å². The first-order valence-corrected chi connectivity index (χ1v) is 18.2. The Hall–Kier alpha value is -4.06. The normalized spacial score (nSPS) is 14.8. The van der Waals surface area contributed by atoms with E-state index in [4.69, 9.17) is 4.74 Å². The van der Waals surface area contributed by atoms with E-state index in [9.17, 15) is 33.1 Å². The Labute approximate surface area is 301 Å². The van der Waals surface area contributed by atoms with Gasteiger partial charge in [0.15, 0.2) is 0 Å². The number of benzene rings is 2.